The maximum atomic E-state index is 11.6. The molecule has 1 aliphatic rings. The Kier molecular flexibility index (Phi) is 4.68. The van der Waals surface area contributed by atoms with E-state index in [4.69, 9.17) is 5.11 Å². The molecule has 0 aromatic heterocycles. The molecule has 0 aromatic carbocycles. The molecule has 5 heteroatoms. The number of allylic oxidation sites excluding steroid dienone is 2. The van der Waals surface area contributed by atoms with E-state index in [0.29, 0.717) is 0 Å². The van der Waals surface area contributed by atoms with Crippen molar-refractivity contribution in [3.63, 3.8) is 0 Å². The summed E-state index contributed by atoms with van der Waals surface area (Å²) in [5.74, 6) is -0.677. The van der Waals surface area contributed by atoms with E-state index >= 15 is 0 Å². The number of thioether (sulfide) groups is 1. The highest BCUT2D eigenvalue weighted by Crippen LogP contribution is 2.20. The number of carbonyl (C=O) groups excluding carboxylic acids is 1. The van der Waals surface area contributed by atoms with Gasteiger partial charge in [0.2, 0.25) is 5.91 Å². The van der Waals surface area contributed by atoms with E-state index in [2.05, 4.69) is 6.08 Å². The molecule has 1 rings (SSSR count). The lowest BCUT2D eigenvalue weighted by Crippen LogP contribution is -2.27. The molecule has 84 valence electrons. The van der Waals surface area contributed by atoms with Crippen LogP contribution in [0.3, 0.4) is 0 Å². The SMILES string of the molecule is CN(C(=O)CSCC(=O)O)C1=CCCC1. The molecular formula is C10H15NO3S. The number of amides is 1. The number of aliphatic carboxylic acids is 1. The zero-order chi connectivity index (χ0) is 11.3. The number of hydrogen-bond acceptors (Lipinski definition) is 3. The van der Waals surface area contributed by atoms with Crippen molar-refractivity contribution < 1.29 is 14.7 Å². The molecule has 0 aromatic rings. The number of carboxylic acids is 1. The molecule has 0 bridgehead atoms. The third kappa shape index (κ3) is 3.95. The first kappa shape index (κ1) is 12.1. The molecule has 0 radical (unpaired) electrons. The number of hydrogen-bond donors (Lipinski definition) is 1. The summed E-state index contributed by atoms with van der Waals surface area (Å²) in [5.41, 5.74) is 1.07. The minimum absolute atomic E-state index is 0.0153. The van der Waals surface area contributed by atoms with Crippen LogP contribution >= 0.6 is 11.8 Å². The summed E-state index contributed by atoms with van der Waals surface area (Å²) in [7, 11) is 1.75. The third-order valence-corrected chi connectivity index (χ3v) is 3.18. The summed E-state index contributed by atoms with van der Waals surface area (Å²) >= 11 is 1.14. The second-order valence-electron chi connectivity index (χ2n) is 3.43. The van der Waals surface area contributed by atoms with E-state index in [-0.39, 0.29) is 17.4 Å². The monoisotopic (exact) mass is 229 g/mol. The Morgan fingerprint density at radius 2 is 2.27 bits per heavy atom. The molecule has 4 nitrogen and oxygen atoms in total. The molecule has 0 atom stereocenters. The van der Waals surface area contributed by atoms with Crippen molar-refractivity contribution >= 4 is 23.6 Å². The molecule has 0 fully saturated rings. The summed E-state index contributed by atoms with van der Waals surface area (Å²) in [4.78, 5) is 23.5. The molecule has 1 amide bonds. The molecular weight excluding hydrogens is 214 g/mol. The van der Waals surface area contributed by atoms with Gasteiger partial charge in [0.05, 0.1) is 11.5 Å². The van der Waals surface area contributed by atoms with Gasteiger partial charge in [-0.1, -0.05) is 6.08 Å². The minimum Gasteiger partial charge on any atom is -0.481 e. The van der Waals surface area contributed by atoms with Crippen LogP contribution in [-0.4, -0.2) is 40.4 Å². The number of rotatable bonds is 5. The van der Waals surface area contributed by atoms with E-state index in [9.17, 15) is 9.59 Å². The minimum atomic E-state index is -0.879. The molecule has 0 aliphatic heterocycles. The predicted octanol–water partition coefficient (Wildman–Crippen LogP) is 1.33. The van der Waals surface area contributed by atoms with Crippen LogP contribution in [-0.2, 0) is 9.59 Å². The molecule has 15 heavy (non-hydrogen) atoms. The number of nitrogens with zero attached hydrogens (tertiary/aromatic N) is 1. The fourth-order valence-corrected chi connectivity index (χ4v) is 2.09. The van der Waals surface area contributed by atoms with Crippen LogP contribution in [0.15, 0.2) is 11.8 Å². The lowest BCUT2D eigenvalue weighted by molar-refractivity contribution is -0.133. The van der Waals surface area contributed by atoms with Crippen LogP contribution in [0.25, 0.3) is 0 Å². The molecule has 0 saturated heterocycles. The van der Waals surface area contributed by atoms with Gasteiger partial charge in [-0.15, -0.1) is 11.8 Å². The van der Waals surface area contributed by atoms with Gasteiger partial charge in [0, 0.05) is 12.7 Å². The van der Waals surface area contributed by atoms with Crippen LogP contribution in [0.1, 0.15) is 19.3 Å². The zero-order valence-electron chi connectivity index (χ0n) is 8.73. The van der Waals surface area contributed by atoms with Crippen molar-refractivity contribution in [3.8, 4) is 0 Å². The first-order chi connectivity index (χ1) is 7.11. The van der Waals surface area contributed by atoms with Gasteiger partial charge >= 0.3 is 5.97 Å². The smallest absolute Gasteiger partial charge is 0.313 e. The Hall–Kier alpha value is -0.970. The molecule has 0 unspecified atom stereocenters. The highest BCUT2D eigenvalue weighted by atomic mass is 32.2. The number of carboxylic acid groups (broad SMARTS) is 1. The van der Waals surface area contributed by atoms with Crippen LogP contribution in [0, 0.1) is 0 Å². The topological polar surface area (TPSA) is 57.6 Å². The lowest BCUT2D eigenvalue weighted by atomic mass is 10.3. The average molecular weight is 229 g/mol. The Balaban J connectivity index is 2.30. The Bertz CT molecular complexity index is 288. The van der Waals surface area contributed by atoms with Gasteiger partial charge in [-0.05, 0) is 19.3 Å². The first-order valence-electron chi connectivity index (χ1n) is 4.86. The van der Waals surface area contributed by atoms with Gasteiger partial charge < -0.3 is 10.0 Å². The number of carbonyl (C=O) groups is 2. The fraction of sp³-hybridized carbons (Fsp3) is 0.600. The van der Waals surface area contributed by atoms with Crippen molar-refractivity contribution in [2.24, 2.45) is 0 Å². The summed E-state index contributed by atoms with van der Waals surface area (Å²) in [6.07, 6.45) is 5.16. The van der Waals surface area contributed by atoms with Crippen LogP contribution in [0.2, 0.25) is 0 Å². The summed E-state index contributed by atoms with van der Waals surface area (Å²) in [6, 6.07) is 0. The van der Waals surface area contributed by atoms with E-state index in [1.54, 1.807) is 11.9 Å². The molecule has 1 N–H and O–H groups in total. The Morgan fingerprint density at radius 3 is 2.80 bits per heavy atom. The zero-order valence-corrected chi connectivity index (χ0v) is 9.55. The second-order valence-corrected chi connectivity index (χ2v) is 4.41. The largest absolute Gasteiger partial charge is 0.481 e. The molecule has 0 heterocycles. The van der Waals surface area contributed by atoms with E-state index < -0.39 is 5.97 Å². The standard InChI is InChI=1S/C10H15NO3S/c1-11(8-4-2-3-5-8)9(12)6-15-7-10(13)14/h4H,2-3,5-7H2,1H3,(H,13,14). The van der Waals surface area contributed by atoms with Gasteiger partial charge in [-0.25, -0.2) is 0 Å². The van der Waals surface area contributed by atoms with E-state index in [1.807, 2.05) is 0 Å². The highest BCUT2D eigenvalue weighted by Gasteiger charge is 2.15. The lowest BCUT2D eigenvalue weighted by Gasteiger charge is -2.17. The maximum absolute atomic E-state index is 11.6. The fourth-order valence-electron chi connectivity index (χ4n) is 1.44. The van der Waals surface area contributed by atoms with Gasteiger partial charge in [0.25, 0.3) is 0 Å². The van der Waals surface area contributed by atoms with Crippen LogP contribution in [0.5, 0.6) is 0 Å². The van der Waals surface area contributed by atoms with Crippen LogP contribution < -0.4 is 0 Å². The maximum Gasteiger partial charge on any atom is 0.313 e. The van der Waals surface area contributed by atoms with Gasteiger partial charge in [-0.2, -0.15) is 0 Å². The van der Waals surface area contributed by atoms with Crippen molar-refractivity contribution in [1.29, 1.82) is 0 Å². The van der Waals surface area contributed by atoms with E-state index in [0.717, 1.165) is 36.7 Å². The van der Waals surface area contributed by atoms with E-state index in [1.165, 1.54) is 0 Å². The molecule has 1 aliphatic carbocycles. The molecule has 0 spiro atoms. The summed E-state index contributed by atoms with van der Waals surface area (Å²) < 4.78 is 0. The highest BCUT2D eigenvalue weighted by molar-refractivity contribution is 8.00. The first-order valence-corrected chi connectivity index (χ1v) is 6.02. The molecule has 0 saturated carbocycles. The van der Waals surface area contributed by atoms with Crippen molar-refractivity contribution in [1.82, 2.24) is 4.90 Å². The summed E-state index contributed by atoms with van der Waals surface area (Å²) in [5, 5.41) is 8.42. The quantitative estimate of drug-likeness (QED) is 0.772. The van der Waals surface area contributed by atoms with Gasteiger partial charge in [0.1, 0.15) is 0 Å². The normalized spacial score (nSPS) is 14.9. The average Bonchev–Trinajstić information content (AvgIpc) is 2.68. The van der Waals surface area contributed by atoms with Gasteiger partial charge in [-0.3, -0.25) is 9.59 Å². The predicted molar refractivity (Wildman–Crippen MR) is 59.7 cm³/mol. The van der Waals surface area contributed by atoms with Crippen LogP contribution in [0.4, 0.5) is 0 Å². The Labute approximate surface area is 93.3 Å². The summed E-state index contributed by atoms with van der Waals surface area (Å²) in [6.45, 7) is 0. The van der Waals surface area contributed by atoms with Crippen molar-refractivity contribution in [2.45, 2.75) is 19.3 Å². The second kappa shape index (κ2) is 5.80. The van der Waals surface area contributed by atoms with Crippen molar-refractivity contribution in [2.75, 3.05) is 18.6 Å². The third-order valence-electron chi connectivity index (χ3n) is 2.27. The van der Waals surface area contributed by atoms with Gasteiger partial charge in [0.15, 0.2) is 0 Å². The van der Waals surface area contributed by atoms with Crippen molar-refractivity contribution in [3.05, 3.63) is 11.8 Å². The Morgan fingerprint density at radius 1 is 1.53 bits per heavy atom.